The molecule has 1 atom stereocenters. The van der Waals surface area contributed by atoms with Crippen LogP contribution < -0.4 is 9.47 Å². The average Bonchev–Trinajstić information content (AvgIpc) is 3.29. The van der Waals surface area contributed by atoms with Crippen LogP contribution >= 0.6 is 0 Å². The number of piperidine rings is 1. The van der Waals surface area contributed by atoms with E-state index in [9.17, 15) is 8.42 Å². The molecule has 3 heterocycles. The molecule has 1 aliphatic rings. The molecule has 3 aromatic rings. The second-order valence-corrected chi connectivity index (χ2v) is 9.09. The zero-order valence-corrected chi connectivity index (χ0v) is 18.3. The molecule has 0 bridgehead atoms. The van der Waals surface area contributed by atoms with Crippen LogP contribution in [-0.2, 0) is 10.0 Å². The van der Waals surface area contributed by atoms with E-state index in [2.05, 4.69) is 20.2 Å². The van der Waals surface area contributed by atoms with Gasteiger partial charge in [-0.05, 0) is 31.9 Å². The van der Waals surface area contributed by atoms with Crippen LogP contribution in [0.2, 0.25) is 0 Å². The van der Waals surface area contributed by atoms with E-state index in [1.165, 1.54) is 30.9 Å². The lowest BCUT2D eigenvalue weighted by atomic mass is 10.00. The van der Waals surface area contributed by atoms with E-state index in [1.54, 1.807) is 18.3 Å². The van der Waals surface area contributed by atoms with Gasteiger partial charge in [0, 0.05) is 25.4 Å². The monoisotopic (exact) mass is 445 g/mol. The minimum Gasteiger partial charge on any atom is -0.497 e. The first kappa shape index (κ1) is 21.2. The van der Waals surface area contributed by atoms with Crippen molar-refractivity contribution < 1.29 is 22.3 Å². The predicted molar refractivity (Wildman–Crippen MR) is 110 cm³/mol. The Morgan fingerprint density at radius 3 is 2.77 bits per heavy atom. The van der Waals surface area contributed by atoms with Crippen LogP contribution in [0.1, 0.15) is 30.3 Å². The number of rotatable bonds is 6. The van der Waals surface area contributed by atoms with Gasteiger partial charge >= 0.3 is 0 Å². The van der Waals surface area contributed by atoms with Crippen molar-refractivity contribution in [2.45, 2.75) is 30.6 Å². The number of methoxy groups -OCH3 is 2. The average molecular weight is 446 g/mol. The number of benzene rings is 1. The van der Waals surface area contributed by atoms with E-state index in [0.29, 0.717) is 36.1 Å². The molecule has 1 aromatic carbocycles. The lowest BCUT2D eigenvalue weighted by molar-refractivity contribution is 0.285. The van der Waals surface area contributed by atoms with Crippen LogP contribution in [0.15, 0.2) is 40.0 Å². The summed E-state index contributed by atoms with van der Waals surface area (Å²) in [6, 6.07) is 4.72. The fourth-order valence-corrected chi connectivity index (χ4v) is 5.29. The van der Waals surface area contributed by atoms with Gasteiger partial charge in [-0.3, -0.25) is 0 Å². The summed E-state index contributed by atoms with van der Waals surface area (Å²) in [5.41, 5.74) is 1.38. The van der Waals surface area contributed by atoms with E-state index in [1.807, 2.05) is 6.92 Å². The molecule has 31 heavy (non-hydrogen) atoms. The third kappa shape index (κ3) is 4.10. The number of nitrogens with zero attached hydrogens (tertiary/aromatic N) is 5. The van der Waals surface area contributed by atoms with E-state index in [0.717, 1.165) is 12.1 Å². The van der Waals surface area contributed by atoms with Crippen molar-refractivity contribution in [2.75, 3.05) is 27.3 Å². The first-order valence-corrected chi connectivity index (χ1v) is 11.2. The number of ether oxygens (including phenoxy) is 2. The van der Waals surface area contributed by atoms with Gasteiger partial charge in [0.05, 0.1) is 31.4 Å². The number of aromatic nitrogens is 4. The van der Waals surface area contributed by atoms with Crippen LogP contribution in [0.3, 0.4) is 0 Å². The highest BCUT2D eigenvalue weighted by atomic mass is 32.2. The maximum Gasteiger partial charge on any atom is 0.251 e. The van der Waals surface area contributed by atoms with Crippen LogP contribution in [0.25, 0.3) is 11.5 Å². The van der Waals surface area contributed by atoms with Crippen LogP contribution in [-0.4, -0.2) is 60.2 Å². The largest absolute Gasteiger partial charge is 0.497 e. The summed E-state index contributed by atoms with van der Waals surface area (Å²) in [6.07, 6.45) is 4.48. The molecule has 0 unspecified atom stereocenters. The van der Waals surface area contributed by atoms with Gasteiger partial charge in [0.2, 0.25) is 15.9 Å². The number of hydrogen-bond acceptors (Lipinski definition) is 9. The summed E-state index contributed by atoms with van der Waals surface area (Å²) in [5.74, 6) is 1.21. The van der Waals surface area contributed by atoms with Gasteiger partial charge in [0.1, 0.15) is 22.7 Å². The van der Waals surface area contributed by atoms with Gasteiger partial charge in [-0.25, -0.2) is 18.4 Å². The highest BCUT2D eigenvalue weighted by Crippen LogP contribution is 2.35. The molecule has 1 fully saturated rings. The van der Waals surface area contributed by atoms with Crippen LogP contribution in [0.4, 0.5) is 0 Å². The first-order chi connectivity index (χ1) is 14.9. The van der Waals surface area contributed by atoms with Crippen molar-refractivity contribution in [3.63, 3.8) is 0 Å². The minimum atomic E-state index is -3.81. The molecule has 0 aliphatic carbocycles. The Bertz CT molecular complexity index is 1180. The van der Waals surface area contributed by atoms with Crippen molar-refractivity contribution in [3.05, 3.63) is 42.3 Å². The minimum absolute atomic E-state index is 0.0678. The van der Waals surface area contributed by atoms with E-state index in [4.69, 9.17) is 13.9 Å². The summed E-state index contributed by atoms with van der Waals surface area (Å²) in [4.78, 5) is 8.21. The van der Waals surface area contributed by atoms with Crippen LogP contribution in [0.5, 0.6) is 11.5 Å². The predicted octanol–water partition coefficient (Wildman–Crippen LogP) is 2.42. The maximum atomic E-state index is 13.4. The van der Waals surface area contributed by atoms with Gasteiger partial charge in [0.25, 0.3) is 5.89 Å². The Hall–Kier alpha value is -3.05. The van der Waals surface area contributed by atoms with Gasteiger partial charge in [-0.2, -0.15) is 4.31 Å². The van der Waals surface area contributed by atoms with Crippen molar-refractivity contribution in [2.24, 2.45) is 0 Å². The Labute approximate surface area is 180 Å². The molecular formula is C20H23N5O5S. The Morgan fingerprint density at radius 1 is 1.19 bits per heavy atom. The standard InChI is InChI=1S/C20H23N5O5S/c1-13-16(10-21-12-22-13)20-24-23-19(30-20)14-5-4-8-25(11-14)31(26,27)18-9-15(28-2)6-7-17(18)29-3/h6-7,9-10,12,14H,4-5,8,11H2,1-3H3/t14-/m1/s1. The van der Waals surface area contributed by atoms with E-state index in [-0.39, 0.29) is 23.1 Å². The van der Waals surface area contributed by atoms with Crippen molar-refractivity contribution >= 4 is 10.0 Å². The Balaban J connectivity index is 1.60. The molecule has 1 saturated heterocycles. The molecule has 0 saturated carbocycles. The van der Waals surface area contributed by atoms with Gasteiger partial charge < -0.3 is 13.9 Å². The first-order valence-electron chi connectivity index (χ1n) is 9.76. The van der Waals surface area contributed by atoms with Gasteiger partial charge in [-0.15, -0.1) is 10.2 Å². The zero-order chi connectivity index (χ0) is 22.0. The highest BCUT2D eigenvalue weighted by Gasteiger charge is 2.35. The molecule has 0 N–H and O–H groups in total. The number of aryl methyl sites for hydroxylation is 1. The lowest BCUT2D eigenvalue weighted by Gasteiger charge is -2.30. The Kier molecular flexibility index (Phi) is 5.88. The molecule has 0 spiro atoms. The summed E-state index contributed by atoms with van der Waals surface area (Å²) >= 11 is 0. The molecule has 1 aliphatic heterocycles. The summed E-state index contributed by atoms with van der Waals surface area (Å²) in [7, 11) is -0.884. The van der Waals surface area contributed by atoms with Crippen LogP contribution in [0, 0.1) is 6.92 Å². The van der Waals surface area contributed by atoms with E-state index < -0.39 is 10.0 Å². The molecule has 0 radical (unpaired) electrons. The summed E-state index contributed by atoms with van der Waals surface area (Å²) in [6.45, 7) is 2.46. The molecule has 0 amide bonds. The second kappa shape index (κ2) is 8.60. The quantitative estimate of drug-likeness (QED) is 0.563. The molecule has 164 valence electrons. The topological polar surface area (TPSA) is 121 Å². The molecule has 4 rings (SSSR count). The zero-order valence-electron chi connectivity index (χ0n) is 17.5. The highest BCUT2D eigenvalue weighted by molar-refractivity contribution is 7.89. The second-order valence-electron chi connectivity index (χ2n) is 7.19. The normalized spacial score (nSPS) is 17.5. The molecule has 10 nitrogen and oxygen atoms in total. The third-order valence-corrected chi connectivity index (χ3v) is 7.19. The Morgan fingerprint density at radius 2 is 2.03 bits per heavy atom. The summed E-state index contributed by atoms with van der Waals surface area (Å²) in [5, 5.41) is 8.29. The van der Waals surface area contributed by atoms with Gasteiger partial charge in [-0.1, -0.05) is 0 Å². The number of sulfonamides is 1. The molecular weight excluding hydrogens is 422 g/mol. The number of hydrogen-bond donors (Lipinski definition) is 0. The maximum absolute atomic E-state index is 13.4. The third-order valence-electron chi connectivity index (χ3n) is 5.30. The van der Waals surface area contributed by atoms with Crippen molar-refractivity contribution in [3.8, 4) is 23.0 Å². The van der Waals surface area contributed by atoms with Crippen molar-refractivity contribution in [1.82, 2.24) is 24.5 Å². The molecule has 11 heteroatoms. The lowest BCUT2D eigenvalue weighted by Crippen LogP contribution is -2.39. The SMILES string of the molecule is COc1ccc(OC)c(S(=O)(=O)N2CCC[C@@H](c3nnc(-c4cncnc4C)o3)C2)c1. The summed E-state index contributed by atoms with van der Waals surface area (Å²) < 4.78 is 44.6. The van der Waals surface area contributed by atoms with Crippen molar-refractivity contribution in [1.29, 1.82) is 0 Å². The molecule has 2 aromatic heterocycles. The van der Waals surface area contributed by atoms with E-state index >= 15 is 0 Å². The fourth-order valence-electron chi connectivity index (χ4n) is 3.60. The fraction of sp³-hybridized carbons (Fsp3) is 0.400. The van der Waals surface area contributed by atoms with Gasteiger partial charge in [0.15, 0.2) is 0 Å². The smallest absolute Gasteiger partial charge is 0.251 e.